The van der Waals surface area contributed by atoms with Gasteiger partial charge in [0.1, 0.15) is 23.0 Å². The maximum atomic E-state index is 12.8. The van der Waals surface area contributed by atoms with Gasteiger partial charge in [0, 0.05) is 6.07 Å². The van der Waals surface area contributed by atoms with Crippen LogP contribution in [0.3, 0.4) is 0 Å². The molecule has 0 aliphatic carbocycles. The van der Waals surface area contributed by atoms with Crippen molar-refractivity contribution >= 4 is 23.3 Å². The van der Waals surface area contributed by atoms with Gasteiger partial charge in [-0.05, 0) is 97.8 Å². The van der Waals surface area contributed by atoms with E-state index in [1.54, 1.807) is 97.1 Å². The van der Waals surface area contributed by atoms with Crippen LogP contribution in [0, 0.1) is 0 Å². The van der Waals surface area contributed by atoms with Crippen LogP contribution in [0.15, 0.2) is 107 Å². The van der Waals surface area contributed by atoms with Crippen molar-refractivity contribution in [3.05, 3.63) is 108 Å². The molecule has 0 atom stereocenters. The molecule has 8 nitrogen and oxygen atoms in total. The summed E-state index contributed by atoms with van der Waals surface area (Å²) in [6, 6.07) is 27.7. The lowest BCUT2D eigenvalue weighted by molar-refractivity contribution is 0.0725. The first-order valence-corrected chi connectivity index (χ1v) is 22.1. The normalized spacial score (nSPS) is 11.1. The lowest BCUT2D eigenvalue weighted by Crippen LogP contribution is -2.08. The maximum absolute atomic E-state index is 12.8. The SMILES string of the molecule is CCCCCCCCCCCCOc1ccc(C(=O)Oc2ccc(N=Nc3cccc(OC(=O)c4ccc(OCCCCCCCCCCCC)cc4)c3)cc2)cc1. The number of esters is 2. The Labute approximate surface area is 347 Å². The van der Waals surface area contributed by atoms with Crippen LogP contribution in [0.5, 0.6) is 23.0 Å². The van der Waals surface area contributed by atoms with Crippen LogP contribution in [0.2, 0.25) is 0 Å². The van der Waals surface area contributed by atoms with E-state index < -0.39 is 11.9 Å². The number of hydrogen-bond donors (Lipinski definition) is 0. The van der Waals surface area contributed by atoms with Crippen LogP contribution in [0.1, 0.15) is 163 Å². The van der Waals surface area contributed by atoms with Gasteiger partial charge in [-0.25, -0.2) is 9.59 Å². The zero-order valence-corrected chi connectivity index (χ0v) is 35.1. The van der Waals surface area contributed by atoms with Gasteiger partial charge in [0.25, 0.3) is 0 Å². The third-order valence-electron chi connectivity index (χ3n) is 10.1. The Morgan fingerprint density at radius 3 is 1.22 bits per heavy atom. The van der Waals surface area contributed by atoms with E-state index >= 15 is 0 Å². The molecule has 58 heavy (non-hydrogen) atoms. The van der Waals surface area contributed by atoms with Gasteiger partial charge in [-0.2, -0.15) is 10.2 Å². The molecule has 0 aliphatic heterocycles. The van der Waals surface area contributed by atoms with Gasteiger partial charge < -0.3 is 18.9 Å². The summed E-state index contributed by atoms with van der Waals surface area (Å²) in [5, 5.41) is 8.59. The molecule has 0 unspecified atom stereocenters. The van der Waals surface area contributed by atoms with Crippen LogP contribution >= 0.6 is 0 Å². The second kappa shape index (κ2) is 28.4. The molecule has 0 fully saturated rings. The van der Waals surface area contributed by atoms with Crippen LogP contribution in [0.4, 0.5) is 11.4 Å². The molecule has 0 aliphatic rings. The average molecular weight is 791 g/mol. The Kier molecular flexibility index (Phi) is 22.4. The fraction of sp³-hybridized carbons (Fsp3) is 0.480. The number of ether oxygens (including phenoxy) is 4. The molecule has 0 radical (unpaired) electrons. The molecule has 0 saturated carbocycles. The lowest BCUT2D eigenvalue weighted by atomic mass is 10.1. The van der Waals surface area contributed by atoms with E-state index in [1.807, 2.05) is 0 Å². The minimum atomic E-state index is -0.468. The summed E-state index contributed by atoms with van der Waals surface area (Å²) in [5.74, 6) is 1.32. The monoisotopic (exact) mass is 790 g/mol. The fourth-order valence-corrected chi connectivity index (χ4v) is 6.57. The van der Waals surface area contributed by atoms with E-state index in [9.17, 15) is 9.59 Å². The minimum Gasteiger partial charge on any atom is -0.494 e. The second-order valence-corrected chi connectivity index (χ2v) is 15.1. The minimum absolute atomic E-state index is 0.360. The van der Waals surface area contributed by atoms with E-state index in [-0.39, 0.29) is 0 Å². The van der Waals surface area contributed by atoms with Crippen LogP contribution in [-0.2, 0) is 0 Å². The van der Waals surface area contributed by atoms with Gasteiger partial charge in [0.2, 0.25) is 0 Å². The van der Waals surface area contributed by atoms with Gasteiger partial charge in [-0.15, -0.1) is 0 Å². The summed E-state index contributed by atoms with van der Waals surface area (Å²) < 4.78 is 22.9. The first kappa shape index (κ1) is 45.7. The smallest absolute Gasteiger partial charge is 0.343 e. The van der Waals surface area contributed by atoms with Crippen molar-refractivity contribution in [2.24, 2.45) is 10.2 Å². The Bertz CT molecular complexity index is 1740. The number of rotatable bonds is 30. The van der Waals surface area contributed by atoms with E-state index in [1.165, 1.54) is 116 Å². The number of nitrogens with zero attached hydrogens (tertiary/aromatic N) is 2. The van der Waals surface area contributed by atoms with E-state index in [2.05, 4.69) is 24.1 Å². The van der Waals surface area contributed by atoms with Gasteiger partial charge >= 0.3 is 11.9 Å². The molecule has 4 rings (SSSR count). The zero-order valence-electron chi connectivity index (χ0n) is 35.1. The quantitative estimate of drug-likeness (QED) is 0.0226. The number of azo groups is 1. The van der Waals surface area contributed by atoms with Gasteiger partial charge in [0.05, 0.1) is 35.7 Å². The van der Waals surface area contributed by atoms with Crippen molar-refractivity contribution in [3.8, 4) is 23.0 Å². The molecule has 8 heteroatoms. The van der Waals surface area contributed by atoms with E-state index in [4.69, 9.17) is 18.9 Å². The van der Waals surface area contributed by atoms with E-state index in [0.29, 0.717) is 47.2 Å². The van der Waals surface area contributed by atoms with Crippen LogP contribution in [-0.4, -0.2) is 25.2 Å². The van der Waals surface area contributed by atoms with Crippen molar-refractivity contribution < 1.29 is 28.5 Å². The Morgan fingerprint density at radius 2 is 0.776 bits per heavy atom. The topological polar surface area (TPSA) is 95.8 Å². The Morgan fingerprint density at radius 1 is 0.397 bits per heavy atom. The molecule has 0 N–H and O–H groups in total. The van der Waals surface area contributed by atoms with Crippen molar-refractivity contribution in [2.45, 2.75) is 142 Å². The highest BCUT2D eigenvalue weighted by atomic mass is 16.5. The molecule has 0 amide bonds. The second-order valence-electron chi connectivity index (χ2n) is 15.1. The third kappa shape index (κ3) is 19.0. The highest BCUT2D eigenvalue weighted by Gasteiger charge is 2.11. The van der Waals surface area contributed by atoms with Crippen molar-refractivity contribution in [1.82, 2.24) is 0 Å². The molecule has 0 saturated heterocycles. The van der Waals surface area contributed by atoms with Crippen LogP contribution in [0.25, 0.3) is 0 Å². The highest BCUT2D eigenvalue weighted by molar-refractivity contribution is 5.91. The average Bonchev–Trinajstić information content (AvgIpc) is 3.25. The maximum Gasteiger partial charge on any atom is 0.343 e. The molecular formula is C50H66N2O6. The first-order chi connectivity index (χ1) is 28.5. The number of carbonyl (C=O) groups excluding carboxylic acids is 2. The third-order valence-corrected chi connectivity index (χ3v) is 10.1. The summed E-state index contributed by atoms with van der Waals surface area (Å²) in [6.07, 6.45) is 25.7. The molecule has 0 bridgehead atoms. The summed E-state index contributed by atoms with van der Waals surface area (Å²) >= 11 is 0. The van der Waals surface area contributed by atoms with Gasteiger partial charge in [0.15, 0.2) is 0 Å². The predicted octanol–water partition coefficient (Wildman–Crippen LogP) is 15.1. The van der Waals surface area contributed by atoms with Gasteiger partial charge in [-0.1, -0.05) is 135 Å². The molecule has 0 heterocycles. The summed E-state index contributed by atoms with van der Waals surface area (Å²) in [4.78, 5) is 25.6. The van der Waals surface area contributed by atoms with Crippen molar-refractivity contribution in [3.63, 3.8) is 0 Å². The molecular weight excluding hydrogens is 725 g/mol. The standard InChI is InChI=1S/C50H66N2O6/c1-3-5-7-9-11-13-15-17-19-21-38-55-45-32-26-41(27-33-45)49(53)57-47-36-30-43(31-37-47)51-52-44-24-23-25-48(40-44)58-50(54)42-28-34-46(35-29-42)56-39-22-20-18-16-14-12-10-8-6-4-2/h23-37,40H,3-22,38-39H2,1-2H3. The molecule has 312 valence electrons. The van der Waals surface area contributed by atoms with Gasteiger partial charge in [-0.3, -0.25) is 0 Å². The molecule has 4 aromatic carbocycles. The fourth-order valence-electron chi connectivity index (χ4n) is 6.57. The van der Waals surface area contributed by atoms with Crippen molar-refractivity contribution in [1.29, 1.82) is 0 Å². The number of carbonyl (C=O) groups is 2. The summed E-state index contributed by atoms with van der Waals surface area (Å²) in [5.41, 5.74) is 1.96. The number of benzene rings is 4. The first-order valence-electron chi connectivity index (χ1n) is 22.1. The summed E-state index contributed by atoms with van der Waals surface area (Å²) in [7, 11) is 0. The Balaban J connectivity index is 1.11. The largest absolute Gasteiger partial charge is 0.494 e. The van der Waals surface area contributed by atoms with Crippen LogP contribution < -0.4 is 18.9 Å². The molecule has 0 spiro atoms. The van der Waals surface area contributed by atoms with E-state index in [0.717, 1.165) is 24.3 Å². The lowest BCUT2D eigenvalue weighted by Gasteiger charge is -2.08. The number of hydrogen-bond acceptors (Lipinski definition) is 8. The molecule has 0 aromatic heterocycles. The number of unbranched alkanes of at least 4 members (excludes halogenated alkanes) is 18. The summed E-state index contributed by atoms with van der Waals surface area (Å²) in [6.45, 7) is 5.85. The van der Waals surface area contributed by atoms with Crippen molar-refractivity contribution in [2.75, 3.05) is 13.2 Å². The Hall–Kier alpha value is -4.98. The molecule has 4 aromatic rings. The zero-order chi connectivity index (χ0) is 40.9. The highest BCUT2D eigenvalue weighted by Crippen LogP contribution is 2.26. The predicted molar refractivity (Wildman–Crippen MR) is 235 cm³/mol.